The Balaban J connectivity index is 1.54. The normalized spacial score (nSPS) is 31.6. The lowest BCUT2D eigenvalue weighted by atomic mass is 9.89. The Hall–Kier alpha value is -1.02. The van der Waals surface area contributed by atoms with Crippen molar-refractivity contribution >= 4 is 0 Å². The molecule has 2 fully saturated rings. The molecule has 1 aromatic carbocycles. The van der Waals surface area contributed by atoms with Crippen molar-refractivity contribution in [3.63, 3.8) is 0 Å². The molecular weight excluding hydrogens is 224 g/mol. The summed E-state index contributed by atoms with van der Waals surface area (Å²) in [5, 5.41) is 9.45. The highest BCUT2D eigenvalue weighted by Crippen LogP contribution is 2.48. The Kier molecular flexibility index (Phi) is 3.29. The maximum atomic E-state index is 9.45. The molecule has 2 saturated carbocycles. The average molecular weight is 246 g/mol. The third-order valence-electron chi connectivity index (χ3n) is 4.71. The van der Waals surface area contributed by atoms with Crippen molar-refractivity contribution in [2.24, 2.45) is 17.8 Å². The molecule has 2 nitrogen and oxygen atoms in total. The molecule has 0 saturated heterocycles. The summed E-state index contributed by atoms with van der Waals surface area (Å²) in [4.78, 5) is 0. The Morgan fingerprint density at radius 2 is 2.00 bits per heavy atom. The first kappa shape index (κ1) is 12.0. The van der Waals surface area contributed by atoms with Crippen molar-refractivity contribution < 1.29 is 9.84 Å². The number of ether oxygens (including phenoxy) is 1. The molecule has 2 aliphatic rings. The van der Waals surface area contributed by atoms with Crippen LogP contribution in [0.1, 0.15) is 44.3 Å². The highest BCUT2D eigenvalue weighted by molar-refractivity contribution is 5.28. The zero-order valence-electron chi connectivity index (χ0n) is 11.0. The third kappa shape index (κ3) is 2.39. The predicted octanol–water partition coefficient (Wildman–Crippen LogP) is 3.55. The zero-order valence-corrected chi connectivity index (χ0v) is 11.0. The Morgan fingerprint density at radius 1 is 1.22 bits per heavy atom. The molecule has 0 aliphatic heterocycles. The molecule has 0 aromatic heterocycles. The van der Waals surface area contributed by atoms with Crippen LogP contribution < -0.4 is 4.74 Å². The lowest BCUT2D eigenvalue weighted by molar-refractivity contribution is 0.193. The van der Waals surface area contributed by atoms with E-state index in [-0.39, 0.29) is 0 Å². The maximum Gasteiger partial charge on any atom is 0.119 e. The van der Waals surface area contributed by atoms with Crippen LogP contribution in [-0.2, 0) is 0 Å². The van der Waals surface area contributed by atoms with Gasteiger partial charge in [-0.05, 0) is 61.6 Å². The molecular formula is C16H22O2. The van der Waals surface area contributed by atoms with Gasteiger partial charge in [0.25, 0.3) is 0 Å². The molecule has 0 amide bonds. The molecule has 2 bridgehead atoms. The van der Waals surface area contributed by atoms with Crippen LogP contribution in [-0.4, -0.2) is 11.7 Å². The van der Waals surface area contributed by atoms with Crippen LogP contribution in [0.25, 0.3) is 0 Å². The van der Waals surface area contributed by atoms with E-state index in [0.717, 1.165) is 35.7 Å². The van der Waals surface area contributed by atoms with Crippen molar-refractivity contribution in [3.05, 3.63) is 29.8 Å². The Bertz CT molecular complexity index is 396. The van der Waals surface area contributed by atoms with E-state index in [1.807, 2.05) is 24.3 Å². The Morgan fingerprint density at radius 3 is 2.56 bits per heavy atom. The first-order valence-corrected chi connectivity index (χ1v) is 7.13. The molecule has 4 atom stereocenters. The lowest BCUT2D eigenvalue weighted by Gasteiger charge is -2.21. The van der Waals surface area contributed by atoms with Gasteiger partial charge in [-0.3, -0.25) is 0 Å². The molecule has 1 aromatic rings. The van der Waals surface area contributed by atoms with Crippen molar-refractivity contribution in [3.8, 4) is 5.75 Å². The van der Waals surface area contributed by atoms with Gasteiger partial charge in [0, 0.05) is 0 Å². The van der Waals surface area contributed by atoms with E-state index in [0.29, 0.717) is 0 Å². The second-order valence-electron chi connectivity index (χ2n) is 5.99. The highest BCUT2D eigenvalue weighted by Gasteiger charge is 2.39. The topological polar surface area (TPSA) is 29.5 Å². The second-order valence-corrected chi connectivity index (χ2v) is 5.99. The minimum Gasteiger partial charge on any atom is -0.493 e. The molecule has 0 radical (unpaired) electrons. The molecule has 98 valence electrons. The largest absolute Gasteiger partial charge is 0.493 e. The number of aliphatic hydroxyl groups is 1. The summed E-state index contributed by atoms with van der Waals surface area (Å²) < 4.78 is 5.90. The van der Waals surface area contributed by atoms with Crippen molar-refractivity contribution in [1.82, 2.24) is 0 Å². The lowest BCUT2D eigenvalue weighted by Crippen LogP contribution is -2.18. The van der Waals surface area contributed by atoms with Gasteiger partial charge in [-0.15, -0.1) is 0 Å². The van der Waals surface area contributed by atoms with Crippen LogP contribution in [0, 0.1) is 17.8 Å². The van der Waals surface area contributed by atoms with Gasteiger partial charge >= 0.3 is 0 Å². The summed E-state index contributed by atoms with van der Waals surface area (Å²) in [6, 6.07) is 7.83. The number of hydrogen-bond donors (Lipinski definition) is 1. The second kappa shape index (κ2) is 4.93. The van der Waals surface area contributed by atoms with Crippen LogP contribution in [0.2, 0.25) is 0 Å². The smallest absolute Gasteiger partial charge is 0.119 e. The van der Waals surface area contributed by atoms with E-state index in [1.54, 1.807) is 6.92 Å². The average Bonchev–Trinajstić information content (AvgIpc) is 2.99. The standard InChI is InChI=1S/C16H22O2/c1-11(17)13-4-6-16(7-5-13)18-10-15-9-12-2-3-14(15)8-12/h4-7,11-12,14-15,17H,2-3,8-10H2,1H3. The van der Waals surface area contributed by atoms with Crippen LogP contribution >= 0.6 is 0 Å². The van der Waals surface area contributed by atoms with Crippen molar-refractivity contribution in [1.29, 1.82) is 0 Å². The molecule has 1 N–H and O–H groups in total. The summed E-state index contributed by atoms with van der Waals surface area (Å²) in [7, 11) is 0. The van der Waals surface area contributed by atoms with Crippen LogP contribution in [0.4, 0.5) is 0 Å². The van der Waals surface area contributed by atoms with E-state index in [9.17, 15) is 5.11 Å². The molecule has 0 spiro atoms. The van der Waals surface area contributed by atoms with Crippen molar-refractivity contribution in [2.45, 2.75) is 38.7 Å². The molecule has 18 heavy (non-hydrogen) atoms. The summed E-state index contributed by atoms with van der Waals surface area (Å²) in [5.41, 5.74) is 0.947. The van der Waals surface area contributed by atoms with Gasteiger partial charge in [-0.1, -0.05) is 18.6 Å². The minimum atomic E-state index is -0.399. The fourth-order valence-corrected chi connectivity index (χ4v) is 3.63. The number of benzene rings is 1. The van der Waals surface area contributed by atoms with E-state index in [2.05, 4.69) is 0 Å². The van der Waals surface area contributed by atoms with Gasteiger partial charge in [-0.25, -0.2) is 0 Å². The summed E-state index contributed by atoms with van der Waals surface area (Å²) in [6.07, 6.45) is 5.28. The quantitative estimate of drug-likeness (QED) is 0.880. The van der Waals surface area contributed by atoms with Gasteiger partial charge in [-0.2, -0.15) is 0 Å². The molecule has 3 rings (SSSR count). The number of aliphatic hydroxyl groups excluding tert-OH is 1. The molecule has 0 heterocycles. The van der Waals surface area contributed by atoms with E-state index < -0.39 is 6.10 Å². The van der Waals surface area contributed by atoms with Crippen LogP contribution in [0.5, 0.6) is 5.75 Å². The Labute approximate surface area is 109 Å². The number of hydrogen-bond acceptors (Lipinski definition) is 2. The molecule has 2 aliphatic carbocycles. The maximum absolute atomic E-state index is 9.45. The van der Waals surface area contributed by atoms with Crippen molar-refractivity contribution in [2.75, 3.05) is 6.61 Å². The van der Waals surface area contributed by atoms with Gasteiger partial charge in [0.05, 0.1) is 12.7 Å². The van der Waals surface area contributed by atoms with Gasteiger partial charge in [0.2, 0.25) is 0 Å². The fraction of sp³-hybridized carbons (Fsp3) is 0.625. The van der Waals surface area contributed by atoms with Gasteiger partial charge in [0.1, 0.15) is 5.75 Å². The van der Waals surface area contributed by atoms with Crippen LogP contribution in [0.15, 0.2) is 24.3 Å². The van der Waals surface area contributed by atoms with E-state index in [4.69, 9.17) is 4.74 Å². The first-order valence-electron chi connectivity index (χ1n) is 7.13. The number of rotatable bonds is 4. The minimum absolute atomic E-state index is 0.399. The monoisotopic (exact) mass is 246 g/mol. The summed E-state index contributed by atoms with van der Waals surface area (Å²) in [6.45, 7) is 2.65. The third-order valence-corrected chi connectivity index (χ3v) is 4.71. The highest BCUT2D eigenvalue weighted by atomic mass is 16.5. The van der Waals surface area contributed by atoms with Gasteiger partial charge < -0.3 is 9.84 Å². The number of fused-ring (bicyclic) bond motifs is 2. The fourth-order valence-electron chi connectivity index (χ4n) is 3.63. The van der Waals surface area contributed by atoms with Gasteiger partial charge in [0.15, 0.2) is 0 Å². The predicted molar refractivity (Wildman–Crippen MR) is 71.5 cm³/mol. The zero-order chi connectivity index (χ0) is 12.5. The molecule has 2 heteroatoms. The molecule has 4 unspecified atom stereocenters. The van der Waals surface area contributed by atoms with E-state index >= 15 is 0 Å². The first-order chi connectivity index (χ1) is 8.72. The summed E-state index contributed by atoms with van der Waals surface area (Å²) >= 11 is 0. The van der Waals surface area contributed by atoms with E-state index in [1.165, 1.54) is 25.7 Å². The summed E-state index contributed by atoms with van der Waals surface area (Å²) in [5.74, 6) is 3.62. The van der Waals surface area contributed by atoms with Crippen LogP contribution in [0.3, 0.4) is 0 Å². The SMILES string of the molecule is CC(O)c1ccc(OCC2CC3CCC2C3)cc1.